The molecular formula is C14H22N4O2. The van der Waals surface area contributed by atoms with Crippen LogP contribution in [-0.4, -0.2) is 69.7 Å². The highest BCUT2D eigenvalue weighted by Crippen LogP contribution is 2.32. The monoisotopic (exact) mass is 278 g/mol. The summed E-state index contributed by atoms with van der Waals surface area (Å²) in [7, 11) is 5.83. The molecule has 6 nitrogen and oxygen atoms in total. The first-order valence-electron chi connectivity index (χ1n) is 6.74. The van der Waals surface area contributed by atoms with E-state index in [9.17, 15) is 0 Å². The highest BCUT2D eigenvalue weighted by atomic mass is 16.5. The summed E-state index contributed by atoms with van der Waals surface area (Å²) in [5.41, 5.74) is 1.67. The summed E-state index contributed by atoms with van der Waals surface area (Å²) in [6.07, 6.45) is 2.59. The number of aliphatic imine (C=N–C) groups is 2. The summed E-state index contributed by atoms with van der Waals surface area (Å²) in [4.78, 5) is 12.4. The van der Waals surface area contributed by atoms with Crippen molar-refractivity contribution < 1.29 is 9.47 Å². The third kappa shape index (κ3) is 2.85. The van der Waals surface area contributed by atoms with Crippen molar-refractivity contribution >= 4 is 12.4 Å². The lowest BCUT2D eigenvalue weighted by Gasteiger charge is -2.24. The lowest BCUT2D eigenvalue weighted by Crippen LogP contribution is -2.30. The molecule has 0 saturated carbocycles. The van der Waals surface area contributed by atoms with E-state index in [0.29, 0.717) is 13.2 Å². The Kier molecular flexibility index (Phi) is 4.79. The van der Waals surface area contributed by atoms with Gasteiger partial charge in [0.25, 0.3) is 0 Å². The van der Waals surface area contributed by atoms with E-state index in [-0.39, 0.29) is 0 Å². The van der Waals surface area contributed by atoms with Crippen molar-refractivity contribution in [2.45, 2.75) is 6.42 Å². The van der Waals surface area contributed by atoms with E-state index >= 15 is 0 Å². The molecule has 0 atom stereocenters. The van der Waals surface area contributed by atoms with Crippen molar-refractivity contribution in [3.63, 3.8) is 0 Å². The molecule has 0 aliphatic carbocycles. The minimum absolute atomic E-state index is 0.647. The standard InChI is InChI=1S/C14H22N4O2/c1-15-10-11-12(16-2)13-14(20-9-5-8-19-13)18(11)7-6-17(3)4/h10H,1,5-9H2,2-4H3/b11-10+,16-12+. The number of hydrogen-bond donors (Lipinski definition) is 0. The summed E-state index contributed by atoms with van der Waals surface area (Å²) < 4.78 is 11.7. The summed E-state index contributed by atoms with van der Waals surface area (Å²) in [6, 6.07) is 0. The van der Waals surface area contributed by atoms with E-state index in [0.717, 1.165) is 42.6 Å². The number of likely N-dealkylation sites (N-methyl/N-ethyl adjacent to an activating group) is 1. The van der Waals surface area contributed by atoms with Crippen molar-refractivity contribution in [1.29, 1.82) is 0 Å². The van der Waals surface area contributed by atoms with Crippen LogP contribution in [0, 0.1) is 0 Å². The number of rotatable bonds is 4. The lowest BCUT2D eigenvalue weighted by molar-refractivity contribution is 0.136. The quantitative estimate of drug-likeness (QED) is 0.722. The molecule has 0 unspecified atom stereocenters. The van der Waals surface area contributed by atoms with Crippen molar-refractivity contribution in [2.75, 3.05) is 47.4 Å². The van der Waals surface area contributed by atoms with Gasteiger partial charge in [-0.25, -0.2) is 0 Å². The molecule has 0 saturated heterocycles. The Morgan fingerprint density at radius 2 is 2.10 bits per heavy atom. The van der Waals surface area contributed by atoms with Gasteiger partial charge in [-0.2, -0.15) is 0 Å². The predicted molar refractivity (Wildman–Crippen MR) is 79.8 cm³/mol. The van der Waals surface area contributed by atoms with Crippen LogP contribution < -0.4 is 0 Å². The van der Waals surface area contributed by atoms with E-state index in [2.05, 4.69) is 26.5 Å². The second-order valence-corrected chi connectivity index (χ2v) is 4.91. The van der Waals surface area contributed by atoms with Crippen LogP contribution in [0.15, 0.2) is 33.5 Å². The summed E-state index contributed by atoms with van der Waals surface area (Å²) in [5, 5.41) is 0. The third-order valence-electron chi connectivity index (χ3n) is 3.17. The van der Waals surface area contributed by atoms with E-state index in [4.69, 9.17) is 9.47 Å². The number of ether oxygens (including phenoxy) is 2. The second-order valence-electron chi connectivity index (χ2n) is 4.91. The first-order valence-corrected chi connectivity index (χ1v) is 6.74. The zero-order valence-electron chi connectivity index (χ0n) is 12.4. The average molecular weight is 278 g/mol. The van der Waals surface area contributed by atoms with Gasteiger partial charge in [0.1, 0.15) is 5.71 Å². The fraction of sp³-hybridized carbons (Fsp3) is 0.571. The van der Waals surface area contributed by atoms with E-state index in [1.807, 2.05) is 14.1 Å². The molecule has 6 heteroatoms. The maximum Gasteiger partial charge on any atom is 0.240 e. The number of hydrogen-bond acceptors (Lipinski definition) is 6. The van der Waals surface area contributed by atoms with Gasteiger partial charge in [-0.15, -0.1) is 0 Å². The molecule has 0 aromatic carbocycles. The molecule has 0 radical (unpaired) electrons. The first kappa shape index (κ1) is 14.6. The second kappa shape index (κ2) is 6.56. The summed E-state index contributed by atoms with van der Waals surface area (Å²) in [6.45, 7) is 6.52. The van der Waals surface area contributed by atoms with Gasteiger partial charge >= 0.3 is 0 Å². The van der Waals surface area contributed by atoms with Crippen LogP contribution in [0.5, 0.6) is 0 Å². The van der Waals surface area contributed by atoms with Crippen LogP contribution in [-0.2, 0) is 9.47 Å². The predicted octanol–water partition coefficient (Wildman–Crippen LogP) is 1.08. The molecule has 110 valence electrons. The third-order valence-corrected chi connectivity index (χ3v) is 3.17. The summed E-state index contributed by atoms with van der Waals surface area (Å²) >= 11 is 0. The topological polar surface area (TPSA) is 49.7 Å². The Bertz CT molecular complexity index is 466. The first-order chi connectivity index (χ1) is 9.69. The van der Waals surface area contributed by atoms with Crippen LogP contribution in [0.2, 0.25) is 0 Å². The molecule has 2 aliphatic heterocycles. The largest absolute Gasteiger partial charge is 0.486 e. The van der Waals surface area contributed by atoms with E-state index in [1.54, 1.807) is 13.2 Å². The Labute approximate surface area is 120 Å². The zero-order valence-corrected chi connectivity index (χ0v) is 12.4. The summed E-state index contributed by atoms with van der Waals surface area (Å²) in [5.74, 6) is 1.47. The minimum atomic E-state index is 0.647. The Morgan fingerprint density at radius 3 is 2.75 bits per heavy atom. The molecule has 0 aromatic heterocycles. The van der Waals surface area contributed by atoms with Gasteiger partial charge in [0, 0.05) is 26.6 Å². The zero-order chi connectivity index (χ0) is 14.5. The molecule has 0 N–H and O–H groups in total. The molecule has 0 fully saturated rings. The molecule has 0 spiro atoms. The van der Waals surface area contributed by atoms with Crippen molar-refractivity contribution in [3.8, 4) is 0 Å². The average Bonchev–Trinajstić information content (AvgIpc) is 2.57. The smallest absolute Gasteiger partial charge is 0.240 e. The van der Waals surface area contributed by atoms with Crippen LogP contribution in [0.1, 0.15) is 6.42 Å². The van der Waals surface area contributed by atoms with Crippen molar-refractivity contribution in [3.05, 3.63) is 23.5 Å². The molecule has 2 heterocycles. The van der Waals surface area contributed by atoms with Crippen LogP contribution in [0.3, 0.4) is 0 Å². The van der Waals surface area contributed by atoms with Gasteiger partial charge in [-0.05, 0) is 20.8 Å². The van der Waals surface area contributed by atoms with Gasteiger partial charge in [0.2, 0.25) is 11.6 Å². The van der Waals surface area contributed by atoms with Gasteiger partial charge in [0.15, 0.2) is 0 Å². The minimum Gasteiger partial charge on any atom is -0.486 e. The van der Waals surface area contributed by atoms with Crippen molar-refractivity contribution in [1.82, 2.24) is 9.80 Å². The van der Waals surface area contributed by atoms with Gasteiger partial charge in [-0.3, -0.25) is 9.98 Å². The fourth-order valence-corrected chi connectivity index (χ4v) is 2.21. The fourth-order valence-electron chi connectivity index (χ4n) is 2.21. The molecule has 2 rings (SSSR count). The Morgan fingerprint density at radius 1 is 1.35 bits per heavy atom. The molecule has 20 heavy (non-hydrogen) atoms. The molecular weight excluding hydrogens is 256 g/mol. The highest BCUT2D eigenvalue weighted by molar-refractivity contribution is 6.13. The lowest BCUT2D eigenvalue weighted by atomic mass is 10.3. The Hall–Kier alpha value is -1.82. The van der Waals surface area contributed by atoms with Gasteiger partial charge in [0.05, 0.1) is 25.1 Å². The van der Waals surface area contributed by atoms with Gasteiger partial charge < -0.3 is 19.3 Å². The Balaban J connectivity index is 2.35. The highest BCUT2D eigenvalue weighted by Gasteiger charge is 2.37. The van der Waals surface area contributed by atoms with Crippen LogP contribution in [0.4, 0.5) is 0 Å². The molecule has 2 aliphatic rings. The molecule has 0 bridgehead atoms. The molecule has 0 amide bonds. The van der Waals surface area contributed by atoms with Crippen LogP contribution in [0.25, 0.3) is 0 Å². The van der Waals surface area contributed by atoms with Crippen molar-refractivity contribution in [2.24, 2.45) is 9.98 Å². The van der Waals surface area contributed by atoms with E-state index in [1.165, 1.54) is 0 Å². The SMILES string of the molecule is C=N/C=C1\C(=N/C)C2=C(OCCCO2)N1CCN(C)C. The van der Waals surface area contributed by atoms with Crippen LogP contribution >= 0.6 is 0 Å². The van der Waals surface area contributed by atoms with E-state index < -0.39 is 0 Å². The van der Waals surface area contributed by atoms with Gasteiger partial charge in [-0.1, -0.05) is 0 Å². The number of nitrogens with zero attached hydrogens (tertiary/aromatic N) is 4. The maximum atomic E-state index is 5.86. The molecule has 0 aromatic rings. The maximum absolute atomic E-state index is 5.86. The normalized spacial score (nSPS) is 22.9.